The fraction of sp³-hybridized carbons (Fsp3) is 0.867. The van der Waals surface area contributed by atoms with Crippen molar-refractivity contribution in [2.75, 3.05) is 19.7 Å². The summed E-state index contributed by atoms with van der Waals surface area (Å²) in [6.45, 7) is 6.07. The summed E-state index contributed by atoms with van der Waals surface area (Å²) in [6, 6.07) is -0.462. The molecular weight excluding hydrogens is 272 g/mol. The summed E-state index contributed by atoms with van der Waals surface area (Å²) in [6.07, 6.45) is 4.50. The number of amides is 2. The third-order valence-electron chi connectivity index (χ3n) is 3.61. The standard InChI is InChI=1S/C15H28N2O4/c1-3-6-12(10-14(18)19)16-15(20)17-8-5-7-13(11-17)21-9-4-2/h12-13H,3-11H2,1-2H3,(H,16,20)(H,18,19). The van der Waals surface area contributed by atoms with Crippen molar-refractivity contribution < 1.29 is 19.4 Å². The van der Waals surface area contributed by atoms with Crippen LogP contribution in [0.15, 0.2) is 0 Å². The van der Waals surface area contributed by atoms with Crippen molar-refractivity contribution in [3.63, 3.8) is 0 Å². The molecule has 1 rings (SSSR count). The number of ether oxygens (including phenoxy) is 1. The Morgan fingerprint density at radius 2 is 2.14 bits per heavy atom. The molecule has 0 saturated carbocycles. The number of carbonyl (C=O) groups is 2. The van der Waals surface area contributed by atoms with Crippen molar-refractivity contribution in [2.45, 2.75) is 64.5 Å². The van der Waals surface area contributed by atoms with Gasteiger partial charge in [-0.2, -0.15) is 0 Å². The van der Waals surface area contributed by atoms with Gasteiger partial charge in [-0.25, -0.2) is 4.79 Å². The van der Waals surface area contributed by atoms with Gasteiger partial charge in [0.2, 0.25) is 0 Å². The first-order valence-corrected chi connectivity index (χ1v) is 7.95. The number of hydrogen-bond donors (Lipinski definition) is 2. The monoisotopic (exact) mass is 300 g/mol. The van der Waals surface area contributed by atoms with E-state index in [9.17, 15) is 9.59 Å². The van der Waals surface area contributed by atoms with E-state index in [-0.39, 0.29) is 24.6 Å². The van der Waals surface area contributed by atoms with Gasteiger partial charge in [-0.3, -0.25) is 4.79 Å². The van der Waals surface area contributed by atoms with E-state index in [1.165, 1.54) is 0 Å². The van der Waals surface area contributed by atoms with Crippen molar-refractivity contribution >= 4 is 12.0 Å². The highest BCUT2D eigenvalue weighted by molar-refractivity contribution is 5.76. The van der Waals surface area contributed by atoms with E-state index in [1.54, 1.807) is 4.90 Å². The number of urea groups is 1. The minimum Gasteiger partial charge on any atom is -0.481 e. The van der Waals surface area contributed by atoms with E-state index in [0.29, 0.717) is 19.5 Å². The van der Waals surface area contributed by atoms with Gasteiger partial charge < -0.3 is 20.1 Å². The van der Waals surface area contributed by atoms with E-state index in [2.05, 4.69) is 12.2 Å². The molecule has 6 nitrogen and oxygen atoms in total. The molecule has 0 aromatic heterocycles. The highest BCUT2D eigenvalue weighted by atomic mass is 16.5. The maximum absolute atomic E-state index is 12.3. The number of rotatable bonds is 8. The van der Waals surface area contributed by atoms with Gasteiger partial charge in [0.15, 0.2) is 0 Å². The Labute approximate surface area is 126 Å². The highest BCUT2D eigenvalue weighted by Gasteiger charge is 2.25. The van der Waals surface area contributed by atoms with Crippen LogP contribution in [-0.2, 0) is 9.53 Å². The molecule has 21 heavy (non-hydrogen) atoms. The molecule has 0 aliphatic carbocycles. The Morgan fingerprint density at radius 1 is 1.38 bits per heavy atom. The number of nitrogens with one attached hydrogen (secondary N) is 1. The van der Waals surface area contributed by atoms with Crippen LogP contribution in [0.4, 0.5) is 4.79 Å². The van der Waals surface area contributed by atoms with Gasteiger partial charge >= 0.3 is 12.0 Å². The third-order valence-corrected chi connectivity index (χ3v) is 3.61. The Balaban J connectivity index is 2.46. The summed E-state index contributed by atoms with van der Waals surface area (Å²) in [5.74, 6) is -0.878. The number of likely N-dealkylation sites (tertiary alicyclic amines) is 1. The summed E-state index contributed by atoms with van der Waals surface area (Å²) in [5.41, 5.74) is 0. The van der Waals surface area contributed by atoms with Gasteiger partial charge in [0, 0.05) is 25.7 Å². The van der Waals surface area contributed by atoms with Gasteiger partial charge in [-0.05, 0) is 25.7 Å². The molecule has 1 fully saturated rings. The maximum Gasteiger partial charge on any atom is 0.317 e. The zero-order valence-electron chi connectivity index (χ0n) is 13.1. The van der Waals surface area contributed by atoms with Crippen LogP contribution in [0.25, 0.3) is 0 Å². The van der Waals surface area contributed by atoms with Crippen LogP contribution in [0.2, 0.25) is 0 Å². The lowest BCUT2D eigenvalue weighted by Gasteiger charge is -2.33. The molecule has 2 unspecified atom stereocenters. The van der Waals surface area contributed by atoms with Gasteiger partial charge in [0.1, 0.15) is 0 Å². The largest absolute Gasteiger partial charge is 0.481 e. The van der Waals surface area contributed by atoms with Crippen molar-refractivity contribution in [2.24, 2.45) is 0 Å². The lowest BCUT2D eigenvalue weighted by atomic mass is 10.1. The number of carbonyl (C=O) groups excluding carboxylic acids is 1. The predicted molar refractivity (Wildman–Crippen MR) is 80.3 cm³/mol. The van der Waals surface area contributed by atoms with Gasteiger partial charge in [0.25, 0.3) is 0 Å². The molecule has 2 atom stereocenters. The minimum absolute atomic E-state index is 0.0246. The number of carboxylic acid groups (broad SMARTS) is 1. The molecule has 0 aromatic carbocycles. The number of piperidine rings is 1. The number of hydrogen-bond acceptors (Lipinski definition) is 3. The van der Waals surface area contributed by atoms with Crippen LogP contribution in [0, 0.1) is 0 Å². The number of carboxylic acids is 1. The van der Waals surface area contributed by atoms with E-state index in [1.807, 2.05) is 6.92 Å². The Hall–Kier alpha value is -1.30. The molecule has 0 spiro atoms. The summed E-state index contributed by atoms with van der Waals surface area (Å²) in [5, 5.41) is 11.7. The second kappa shape index (κ2) is 9.60. The Kier molecular flexibility index (Phi) is 8.12. The second-order valence-corrected chi connectivity index (χ2v) is 5.61. The van der Waals surface area contributed by atoms with Crippen molar-refractivity contribution in [3.8, 4) is 0 Å². The molecule has 1 aliphatic rings. The average molecular weight is 300 g/mol. The summed E-state index contributed by atoms with van der Waals surface area (Å²) in [4.78, 5) is 24.8. The van der Waals surface area contributed by atoms with Crippen LogP contribution >= 0.6 is 0 Å². The molecular formula is C15H28N2O4. The van der Waals surface area contributed by atoms with Gasteiger partial charge in [-0.15, -0.1) is 0 Å². The molecule has 122 valence electrons. The zero-order chi connectivity index (χ0) is 15.7. The number of nitrogens with zero attached hydrogens (tertiary/aromatic N) is 1. The molecule has 1 saturated heterocycles. The van der Waals surface area contributed by atoms with Crippen molar-refractivity contribution in [1.82, 2.24) is 10.2 Å². The van der Waals surface area contributed by atoms with Crippen LogP contribution in [0.3, 0.4) is 0 Å². The van der Waals surface area contributed by atoms with E-state index >= 15 is 0 Å². The first-order chi connectivity index (χ1) is 10.1. The van der Waals surface area contributed by atoms with Crippen LogP contribution in [0.1, 0.15) is 52.4 Å². The van der Waals surface area contributed by atoms with E-state index in [4.69, 9.17) is 9.84 Å². The first kappa shape index (κ1) is 17.8. The quantitative estimate of drug-likeness (QED) is 0.720. The average Bonchev–Trinajstić information content (AvgIpc) is 2.45. The summed E-state index contributed by atoms with van der Waals surface area (Å²) in [7, 11) is 0. The maximum atomic E-state index is 12.3. The number of aliphatic carboxylic acids is 1. The van der Waals surface area contributed by atoms with Gasteiger partial charge in [0.05, 0.1) is 12.5 Å². The Morgan fingerprint density at radius 3 is 2.76 bits per heavy atom. The fourth-order valence-corrected chi connectivity index (χ4v) is 2.59. The normalized spacial score (nSPS) is 20.1. The highest BCUT2D eigenvalue weighted by Crippen LogP contribution is 2.14. The van der Waals surface area contributed by atoms with Crippen molar-refractivity contribution in [1.29, 1.82) is 0 Å². The SMILES string of the molecule is CCCOC1CCCN(C(=O)NC(CCC)CC(=O)O)C1. The summed E-state index contributed by atoms with van der Waals surface area (Å²) >= 11 is 0. The third kappa shape index (κ3) is 6.80. The molecule has 0 aromatic rings. The summed E-state index contributed by atoms with van der Waals surface area (Å²) < 4.78 is 5.71. The first-order valence-electron chi connectivity index (χ1n) is 7.95. The fourth-order valence-electron chi connectivity index (χ4n) is 2.59. The predicted octanol–water partition coefficient (Wildman–Crippen LogP) is 2.23. The smallest absolute Gasteiger partial charge is 0.317 e. The molecule has 1 heterocycles. The lowest BCUT2D eigenvalue weighted by molar-refractivity contribution is -0.137. The molecule has 1 aliphatic heterocycles. The molecule has 0 bridgehead atoms. The van der Waals surface area contributed by atoms with E-state index in [0.717, 1.165) is 32.3 Å². The molecule has 0 radical (unpaired) electrons. The zero-order valence-corrected chi connectivity index (χ0v) is 13.1. The molecule has 2 amide bonds. The van der Waals surface area contributed by atoms with Crippen LogP contribution < -0.4 is 5.32 Å². The Bertz CT molecular complexity index is 336. The van der Waals surface area contributed by atoms with Gasteiger partial charge in [-0.1, -0.05) is 20.3 Å². The molecule has 6 heteroatoms. The van der Waals surface area contributed by atoms with Crippen LogP contribution in [0.5, 0.6) is 0 Å². The lowest BCUT2D eigenvalue weighted by Crippen LogP contribution is -2.50. The molecule has 2 N–H and O–H groups in total. The van der Waals surface area contributed by atoms with Crippen molar-refractivity contribution in [3.05, 3.63) is 0 Å². The van der Waals surface area contributed by atoms with Crippen LogP contribution in [-0.4, -0.2) is 53.8 Å². The second-order valence-electron chi connectivity index (χ2n) is 5.61. The van der Waals surface area contributed by atoms with E-state index < -0.39 is 5.97 Å². The minimum atomic E-state index is -0.878. The topological polar surface area (TPSA) is 78.9 Å².